The molecule has 0 spiro atoms. The Morgan fingerprint density at radius 3 is 2.74 bits per heavy atom. The van der Waals surface area contributed by atoms with Crippen LogP contribution in [-0.2, 0) is 0 Å². The van der Waals surface area contributed by atoms with Gasteiger partial charge in [-0.3, -0.25) is 0 Å². The van der Waals surface area contributed by atoms with Gasteiger partial charge in [-0.25, -0.2) is 0 Å². The van der Waals surface area contributed by atoms with E-state index in [9.17, 15) is 0 Å². The summed E-state index contributed by atoms with van der Waals surface area (Å²) in [5, 5.41) is 3.69. The predicted octanol–water partition coefficient (Wildman–Crippen LogP) is 4.06. The molecular weight excluding hydrogens is 232 g/mol. The van der Waals surface area contributed by atoms with Gasteiger partial charge >= 0.3 is 0 Å². The van der Waals surface area contributed by atoms with Crippen LogP contribution in [0, 0.1) is 5.92 Å². The first-order valence-electron chi connectivity index (χ1n) is 8.72. The molecular formula is C17H36N2. The average molecular weight is 268 g/mol. The van der Waals surface area contributed by atoms with Crippen molar-refractivity contribution in [2.75, 3.05) is 26.2 Å². The number of unbranched alkanes of at least 4 members (excludes halogenated alkanes) is 2. The van der Waals surface area contributed by atoms with Crippen LogP contribution in [0.15, 0.2) is 0 Å². The second-order valence-corrected chi connectivity index (χ2v) is 6.40. The number of nitrogens with zero attached hydrogens (tertiary/aromatic N) is 1. The van der Waals surface area contributed by atoms with Crippen molar-refractivity contribution in [1.82, 2.24) is 10.2 Å². The van der Waals surface area contributed by atoms with Crippen molar-refractivity contribution in [3.05, 3.63) is 0 Å². The molecule has 0 aromatic heterocycles. The lowest BCUT2D eigenvalue weighted by Gasteiger charge is -2.22. The molecule has 0 bridgehead atoms. The molecule has 1 heterocycles. The van der Waals surface area contributed by atoms with Gasteiger partial charge in [0.25, 0.3) is 0 Å². The largest absolute Gasteiger partial charge is 0.313 e. The Hall–Kier alpha value is -0.0800. The van der Waals surface area contributed by atoms with Gasteiger partial charge in [0.1, 0.15) is 0 Å². The van der Waals surface area contributed by atoms with Gasteiger partial charge in [0.05, 0.1) is 0 Å². The van der Waals surface area contributed by atoms with E-state index in [2.05, 4.69) is 31.0 Å². The van der Waals surface area contributed by atoms with E-state index >= 15 is 0 Å². The van der Waals surface area contributed by atoms with Gasteiger partial charge in [-0.2, -0.15) is 0 Å². The van der Waals surface area contributed by atoms with Crippen LogP contribution in [0.5, 0.6) is 0 Å². The molecule has 0 radical (unpaired) electrons. The number of hydrogen-bond acceptors (Lipinski definition) is 2. The highest BCUT2D eigenvalue weighted by molar-refractivity contribution is 4.70. The third-order valence-corrected chi connectivity index (χ3v) is 4.68. The summed E-state index contributed by atoms with van der Waals surface area (Å²) >= 11 is 0. The van der Waals surface area contributed by atoms with Crippen LogP contribution in [0.2, 0.25) is 0 Å². The first-order valence-corrected chi connectivity index (χ1v) is 8.72. The van der Waals surface area contributed by atoms with E-state index in [0.717, 1.165) is 5.92 Å². The second kappa shape index (κ2) is 10.7. The summed E-state index contributed by atoms with van der Waals surface area (Å²) in [6, 6.07) is 0.696. The van der Waals surface area contributed by atoms with E-state index in [1.54, 1.807) is 0 Å². The van der Waals surface area contributed by atoms with Crippen molar-refractivity contribution in [3.63, 3.8) is 0 Å². The van der Waals surface area contributed by atoms with E-state index in [4.69, 9.17) is 0 Å². The molecule has 1 rings (SSSR count). The summed E-state index contributed by atoms with van der Waals surface area (Å²) in [4.78, 5) is 2.67. The van der Waals surface area contributed by atoms with Gasteiger partial charge in [-0.15, -0.1) is 0 Å². The van der Waals surface area contributed by atoms with Crippen LogP contribution >= 0.6 is 0 Å². The molecule has 0 aromatic rings. The highest BCUT2D eigenvalue weighted by Crippen LogP contribution is 2.19. The summed E-state index contributed by atoms with van der Waals surface area (Å²) in [5.41, 5.74) is 0. The fourth-order valence-corrected chi connectivity index (χ4v) is 3.13. The standard InChI is InChI=1S/C17H36N2/c1-4-6-7-9-16(3)18-12-15-19-13-8-10-17(5-2)11-14-19/h16-18H,4-15H2,1-3H3. The molecule has 2 nitrogen and oxygen atoms in total. The molecule has 0 saturated carbocycles. The fourth-order valence-electron chi connectivity index (χ4n) is 3.13. The lowest BCUT2D eigenvalue weighted by Crippen LogP contribution is -2.36. The fraction of sp³-hybridized carbons (Fsp3) is 1.00. The van der Waals surface area contributed by atoms with E-state index in [-0.39, 0.29) is 0 Å². The average Bonchev–Trinajstić information content (AvgIpc) is 2.64. The van der Waals surface area contributed by atoms with Crippen LogP contribution in [0.3, 0.4) is 0 Å². The Balaban J connectivity index is 2.05. The smallest absolute Gasteiger partial charge is 0.0107 e. The molecule has 1 fully saturated rings. The number of nitrogens with one attached hydrogen (secondary N) is 1. The van der Waals surface area contributed by atoms with E-state index in [0.29, 0.717) is 6.04 Å². The molecule has 0 amide bonds. The first-order chi connectivity index (χ1) is 9.26. The van der Waals surface area contributed by atoms with Crippen LogP contribution < -0.4 is 5.32 Å². The zero-order valence-electron chi connectivity index (χ0n) is 13.6. The Morgan fingerprint density at radius 2 is 2.00 bits per heavy atom. The van der Waals surface area contributed by atoms with Gasteiger partial charge in [0.2, 0.25) is 0 Å². The molecule has 2 atom stereocenters. The summed E-state index contributed by atoms with van der Waals surface area (Å²) in [6.07, 6.45) is 11.1. The Morgan fingerprint density at radius 1 is 1.16 bits per heavy atom. The van der Waals surface area contributed by atoms with Crippen LogP contribution in [0.4, 0.5) is 0 Å². The lowest BCUT2D eigenvalue weighted by atomic mass is 9.98. The summed E-state index contributed by atoms with van der Waals surface area (Å²) in [6.45, 7) is 12.0. The molecule has 0 aromatic carbocycles. The van der Waals surface area contributed by atoms with Crippen molar-refractivity contribution in [2.45, 2.75) is 78.2 Å². The normalized spacial score (nSPS) is 23.2. The van der Waals surface area contributed by atoms with Gasteiger partial charge < -0.3 is 10.2 Å². The van der Waals surface area contributed by atoms with Gasteiger partial charge in [-0.05, 0) is 51.6 Å². The maximum Gasteiger partial charge on any atom is 0.0107 e. The van der Waals surface area contributed by atoms with Crippen LogP contribution in [-0.4, -0.2) is 37.1 Å². The van der Waals surface area contributed by atoms with E-state index < -0.39 is 0 Å². The molecule has 1 aliphatic heterocycles. The molecule has 19 heavy (non-hydrogen) atoms. The van der Waals surface area contributed by atoms with Crippen molar-refractivity contribution in [1.29, 1.82) is 0 Å². The third-order valence-electron chi connectivity index (χ3n) is 4.68. The van der Waals surface area contributed by atoms with E-state index in [1.165, 1.54) is 77.5 Å². The Kier molecular flexibility index (Phi) is 9.54. The summed E-state index contributed by atoms with van der Waals surface area (Å²) in [7, 11) is 0. The molecule has 0 aliphatic carbocycles. The van der Waals surface area contributed by atoms with Crippen molar-refractivity contribution >= 4 is 0 Å². The van der Waals surface area contributed by atoms with Crippen molar-refractivity contribution in [2.24, 2.45) is 5.92 Å². The Bertz CT molecular complexity index is 205. The minimum atomic E-state index is 0.696. The summed E-state index contributed by atoms with van der Waals surface area (Å²) in [5.74, 6) is 0.992. The number of rotatable bonds is 9. The zero-order chi connectivity index (χ0) is 13.9. The minimum Gasteiger partial charge on any atom is -0.313 e. The second-order valence-electron chi connectivity index (χ2n) is 6.40. The highest BCUT2D eigenvalue weighted by atomic mass is 15.1. The van der Waals surface area contributed by atoms with Crippen LogP contribution in [0.1, 0.15) is 72.1 Å². The maximum absolute atomic E-state index is 3.69. The molecule has 1 aliphatic rings. The molecule has 1 saturated heterocycles. The Labute approximate surface area is 121 Å². The monoisotopic (exact) mass is 268 g/mol. The third kappa shape index (κ3) is 7.94. The van der Waals surface area contributed by atoms with Crippen LogP contribution in [0.25, 0.3) is 0 Å². The maximum atomic E-state index is 3.69. The van der Waals surface area contributed by atoms with Crippen molar-refractivity contribution < 1.29 is 0 Å². The topological polar surface area (TPSA) is 15.3 Å². The molecule has 2 heteroatoms. The first kappa shape index (κ1) is 17.0. The minimum absolute atomic E-state index is 0.696. The SMILES string of the molecule is CCCCCC(C)NCCN1CCCC(CC)CC1. The van der Waals surface area contributed by atoms with Gasteiger partial charge in [0, 0.05) is 19.1 Å². The summed E-state index contributed by atoms with van der Waals surface area (Å²) < 4.78 is 0. The quantitative estimate of drug-likeness (QED) is 0.635. The predicted molar refractivity (Wildman–Crippen MR) is 85.7 cm³/mol. The molecule has 2 unspecified atom stereocenters. The zero-order valence-corrected chi connectivity index (χ0v) is 13.6. The molecule has 114 valence electrons. The van der Waals surface area contributed by atoms with E-state index in [1.807, 2.05) is 0 Å². The highest BCUT2D eigenvalue weighted by Gasteiger charge is 2.15. The number of likely N-dealkylation sites (tertiary alicyclic amines) is 1. The van der Waals surface area contributed by atoms with Gasteiger partial charge in [0.15, 0.2) is 0 Å². The number of hydrogen-bond donors (Lipinski definition) is 1. The van der Waals surface area contributed by atoms with Crippen molar-refractivity contribution in [3.8, 4) is 0 Å². The molecule has 1 N–H and O–H groups in total. The lowest BCUT2D eigenvalue weighted by molar-refractivity contribution is 0.274. The van der Waals surface area contributed by atoms with Gasteiger partial charge in [-0.1, -0.05) is 39.5 Å².